The van der Waals surface area contributed by atoms with Crippen LogP contribution in [0.5, 0.6) is 0 Å². The highest BCUT2D eigenvalue weighted by atomic mass is 32.1. The molecule has 21 heavy (non-hydrogen) atoms. The zero-order valence-corrected chi connectivity index (χ0v) is 13.6. The third kappa shape index (κ3) is 4.53. The summed E-state index contributed by atoms with van der Waals surface area (Å²) in [5.74, 6) is -0.163. The summed E-state index contributed by atoms with van der Waals surface area (Å²) in [4.78, 5) is 16.0. The van der Waals surface area contributed by atoms with E-state index in [-0.39, 0.29) is 11.3 Å². The maximum absolute atomic E-state index is 11.8. The Bertz CT molecular complexity index is 648. The molecule has 1 N–H and O–H groups in total. The number of thiazole rings is 1. The van der Waals surface area contributed by atoms with Crippen LogP contribution in [0.3, 0.4) is 0 Å². The van der Waals surface area contributed by atoms with E-state index in [4.69, 9.17) is 0 Å². The lowest BCUT2D eigenvalue weighted by Gasteiger charge is -2.18. The quantitative estimate of drug-likeness (QED) is 0.854. The Labute approximate surface area is 129 Å². The molecule has 0 aliphatic carbocycles. The van der Waals surface area contributed by atoms with Gasteiger partial charge in [-0.15, -0.1) is 11.3 Å². The van der Waals surface area contributed by atoms with E-state index >= 15 is 0 Å². The van der Waals surface area contributed by atoms with E-state index in [1.165, 1.54) is 23.0 Å². The van der Waals surface area contributed by atoms with Crippen LogP contribution in [0.4, 0.5) is 5.13 Å². The molecule has 0 saturated heterocycles. The normalized spacial score (nSPS) is 11.8. The minimum Gasteiger partial charge on any atom is -0.298 e. The van der Waals surface area contributed by atoms with Crippen molar-refractivity contribution in [2.24, 2.45) is 0 Å². The highest BCUT2D eigenvalue weighted by Crippen LogP contribution is 2.22. The topological polar surface area (TPSA) is 42.0 Å². The first-order valence-corrected chi connectivity index (χ1v) is 7.74. The molecular formula is C17H20N2OS. The Morgan fingerprint density at radius 1 is 1.24 bits per heavy atom. The van der Waals surface area contributed by atoms with Gasteiger partial charge in [0, 0.05) is 11.5 Å². The standard InChI is InChI=1S/C17H20N2OS/c1-12-11-21-16(18-12)19-15(20)10-7-13-5-8-14(9-6-13)17(2,3)4/h5-11H,1-4H3,(H,18,19,20)/b10-7-. The van der Waals surface area contributed by atoms with E-state index in [1.807, 2.05) is 30.5 Å². The van der Waals surface area contributed by atoms with Gasteiger partial charge in [0.1, 0.15) is 0 Å². The van der Waals surface area contributed by atoms with Crippen molar-refractivity contribution in [2.45, 2.75) is 33.1 Å². The number of nitrogens with one attached hydrogen (secondary N) is 1. The fourth-order valence-electron chi connectivity index (χ4n) is 1.82. The fraction of sp³-hybridized carbons (Fsp3) is 0.294. The number of amides is 1. The fourth-order valence-corrected chi connectivity index (χ4v) is 2.52. The summed E-state index contributed by atoms with van der Waals surface area (Å²) in [5.41, 5.74) is 3.34. The summed E-state index contributed by atoms with van der Waals surface area (Å²) in [5, 5.41) is 5.29. The Morgan fingerprint density at radius 3 is 2.43 bits per heavy atom. The molecule has 0 unspecified atom stereocenters. The number of rotatable bonds is 3. The molecule has 2 rings (SSSR count). The van der Waals surface area contributed by atoms with Crippen LogP contribution in [0.15, 0.2) is 35.7 Å². The molecule has 0 spiro atoms. The van der Waals surface area contributed by atoms with Crippen molar-refractivity contribution < 1.29 is 4.79 Å². The first kappa shape index (κ1) is 15.4. The van der Waals surface area contributed by atoms with Crippen LogP contribution in [0.25, 0.3) is 6.08 Å². The molecule has 0 aliphatic rings. The van der Waals surface area contributed by atoms with E-state index in [2.05, 4.69) is 43.2 Å². The first-order chi connectivity index (χ1) is 9.84. The molecule has 1 aromatic heterocycles. The number of anilines is 1. The van der Waals surface area contributed by atoms with Crippen LogP contribution < -0.4 is 5.32 Å². The highest BCUT2D eigenvalue weighted by molar-refractivity contribution is 7.13. The van der Waals surface area contributed by atoms with Gasteiger partial charge in [0.05, 0.1) is 5.69 Å². The molecule has 0 atom stereocenters. The third-order valence-electron chi connectivity index (χ3n) is 3.05. The monoisotopic (exact) mass is 300 g/mol. The van der Waals surface area contributed by atoms with Crippen molar-refractivity contribution >= 4 is 28.5 Å². The van der Waals surface area contributed by atoms with Crippen LogP contribution in [0.2, 0.25) is 0 Å². The maximum atomic E-state index is 11.8. The zero-order valence-electron chi connectivity index (χ0n) is 12.8. The molecule has 1 aromatic carbocycles. The van der Waals surface area contributed by atoms with Gasteiger partial charge in [-0.3, -0.25) is 10.1 Å². The SMILES string of the molecule is Cc1csc(NC(=O)/C=C\c2ccc(C(C)(C)C)cc2)n1. The van der Waals surface area contributed by atoms with Gasteiger partial charge in [0.15, 0.2) is 5.13 Å². The summed E-state index contributed by atoms with van der Waals surface area (Å²) >= 11 is 1.43. The minimum absolute atomic E-state index is 0.141. The summed E-state index contributed by atoms with van der Waals surface area (Å²) in [6.07, 6.45) is 3.34. The average Bonchev–Trinajstić information content (AvgIpc) is 2.81. The van der Waals surface area contributed by atoms with Crippen molar-refractivity contribution in [3.8, 4) is 0 Å². The van der Waals surface area contributed by atoms with Gasteiger partial charge in [0.25, 0.3) is 0 Å². The van der Waals surface area contributed by atoms with E-state index in [0.29, 0.717) is 5.13 Å². The smallest absolute Gasteiger partial charge is 0.250 e. The zero-order chi connectivity index (χ0) is 15.5. The number of benzene rings is 1. The largest absolute Gasteiger partial charge is 0.298 e. The van der Waals surface area contributed by atoms with Gasteiger partial charge in [-0.05, 0) is 29.5 Å². The number of aromatic nitrogens is 1. The molecule has 0 fully saturated rings. The second-order valence-electron chi connectivity index (χ2n) is 5.99. The summed E-state index contributed by atoms with van der Waals surface area (Å²) in [7, 11) is 0. The average molecular weight is 300 g/mol. The van der Waals surface area contributed by atoms with Gasteiger partial charge in [-0.25, -0.2) is 4.98 Å². The Hall–Kier alpha value is -1.94. The molecule has 110 valence electrons. The molecule has 4 heteroatoms. The van der Waals surface area contributed by atoms with Gasteiger partial charge < -0.3 is 0 Å². The Kier molecular flexibility index (Phi) is 4.58. The first-order valence-electron chi connectivity index (χ1n) is 6.86. The van der Waals surface area contributed by atoms with Crippen LogP contribution in [0, 0.1) is 6.92 Å². The number of aryl methyl sites for hydroxylation is 1. The summed E-state index contributed by atoms with van der Waals surface area (Å²) in [6.45, 7) is 8.45. The number of hydrogen-bond donors (Lipinski definition) is 1. The molecule has 0 bridgehead atoms. The van der Waals surface area contributed by atoms with Crippen LogP contribution >= 0.6 is 11.3 Å². The summed E-state index contributed by atoms with van der Waals surface area (Å²) < 4.78 is 0. The van der Waals surface area contributed by atoms with Gasteiger partial charge in [-0.1, -0.05) is 45.0 Å². The Balaban J connectivity index is 1.99. The molecule has 0 saturated carbocycles. The number of hydrogen-bond acceptors (Lipinski definition) is 3. The number of nitrogens with zero attached hydrogens (tertiary/aromatic N) is 1. The van der Waals surface area contributed by atoms with Crippen molar-refractivity contribution in [3.63, 3.8) is 0 Å². The van der Waals surface area contributed by atoms with Crippen LogP contribution in [0.1, 0.15) is 37.6 Å². The second-order valence-corrected chi connectivity index (χ2v) is 6.85. The maximum Gasteiger partial charge on any atom is 0.250 e. The lowest BCUT2D eigenvalue weighted by atomic mass is 9.87. The van der Waals surface area contributed by atoms with Crippen LogP contribution in [-0.2, 0) is 10.2 Å². The molecule has 2 aromatic rings. The molecule has 1 heterocycles. The molecule has 3 nitrogen and oxygen atoms in total. The van der Waals surface area contributed by atoms with Crippen molar-refractivity contribution in [1.82, 2.24) is 4.98 Å². The van der Waals surface area contributed by atoms with Crippen molar-refractivity contribution in [1.29, 1.82) is 0 Å². The lowest BCUT2D eigenvalue weighted by Crippen LogP contribution is -2.10. The van der Waals surface area contributed by atoms with E-state index < -0.39 is 0 Å². The van der Waals surface area contributed by atoms with Crippen molar-refractivity contribution in [3.05, 3.63) is 52.5 Å². The molecule has 0 radical (unpaired) electrons. The predicted molar refractivity (Wildman–Crippen MR) is 89.7 cm³/mol. The van der Waals surface area contributed by atoms with E-state index in [1.54, 1.807) is 0 Å². The van der Waals surface area contributed by atoms with Gasteiger partial charge in [-0.2, -0.15) is 0 Å². The van der Waals surface area contributed by atoms with Gasteiger partial charge in [0.2, 0.25) is 5.91 Å². The lowest BCUT2D eigenvalue weighted by molar-refractivity contribution is -0.111. The predicted octanol–water partition coefficient (Wildman–Crippen LogP) is 4.40. The van der Waals surface area contributed by atoms with Gasteiger partial charge >= 0.3 is 0 Å². The van der Waals surface area contributed by atoms with E-state index in [0.717, 1.165) is 11.3 Å². The third-order valence-corrected chi connectivity index (χ3v) is 3.93. The Morgan fingerprint density at radius 2 is 1.90 bits per heavy atom. The van der Waals surface area contributed by atoms with E-state index in [9.17, 15) is 4.79 Å². The number of carbonyl (C=O) groups excluding carboxylic acids is 1. The summed E-state index contributed by atoms with van der Waals surface area (Å²) in [6, 6.07) is 8.25. The van der Waals surface area contributed by atoms with Crippen LogP contribution in [-0.4, -0.2) is 10.9 Å². The minimum atomic E-state index is -0.163. The highest BCUT2D eigenvalue weighted by Gasteiger charge is 2.12. The number of carbonyl (C=O) groups is 1. The molecule has 1 amide bonds. The second kappa shape index (κ2) is 6.22. The molecular weight excluding hydrogens is 280 g/mol. The molecule has 0 aliphatic heterocycles. The van der Waals surface area contributed by atoms with Crippen molar-refractivity contribution in [2.75, 3.05) is 5.32 Å².